The zero-order valence-corrected chi connectivity index (χ0v) is 33.3. The fraction of sp³-hybridized carbons (Fsp3) is 0.488. The van der Waals surface area contributed by atoms with Gasteiger partial charge in [-0.1, -0.05) is 31.0 Å². The number of rotatable bonds is 10. The number of likely N-dealkylation sites (tertiary alicyclic amines) is 1. The number of aryl methyl sites for hydroxylation is 3. The fourth-order valence-corrected chi connectivity index (χ4v) is 9.88. The molecule has 1 atom stereocenters. The molecule has 0 bridgehead atoms. The Morgan fingerprint density at radius 2 is 1.74 bits per heavy atom. The number of halogens is 1. The molecule has 4 aromatic heterocycles. The molecule has 1 unspecified atom stereocenters. The molecule has 7 heterocycles. The number of benzene rings is 1. The minimum Gasteiger partial charge on any atom is -0.370 e. The molecule has 5 aromatic rings. The molecular weight excluding hydrogens is 740 g/mol. The van der Waals surface area contributed by atoms with E-state index in [2.05, 4.69) is 30.4 Å². The number of ketones is 1. The van der Waals surface area contributed by atoms with Gasteiger partial charge in [0.2, 0.25) is 17.8 Å². The summed E-state index contributed by atoms with van der Waals surface area (Å²) in [4.78, 5) is 68.9. The summed E-state index contributed by atoms with van der Waals surface area (Å²) in [6.45, 7) is 5.77. The third kappa shape index (κ3) is 6.92. The lowest BCUT2D eigenvalue weighted by atomic mass is 9.85. The first-order valence-corrected chi connectivity index (χ1v) is 20.6. The summed E-state index contributed by atoms with van der Waals surface area (Å²) in [6.07, 6.45) is 10.9. The average molecular weight is 789 g/mol. The maximum atomic E-state index is 16.1. The van der Waals surface area contributed by atoms with Crippen molar-refractivity contribution in [2.24, 2.45) is 7.05 Å². The van der Waals surface area contributed by atoms with E-state index >= 15 is 4.39 Å². The van der Waals surface area contributed by atoms with E-state index < -0.39 is 11.6 Å². The summed E-state index contributed by atoms with van der Waals surface area (Å²) in [5.41, 5.74) is 3.44. The van der Waals surface area contributed by atoms with Gasteiger partial charge in [-0.15, -0.1) is 0 Å². The molecular formula is C43H49FN10O4. The Morgan fingerprint density at radius 3 is 2.45 bits per heavy atom. The number of hydrogen-bond acceptors (Lipinski definition) is 11. The maximum absolute atomic E-state index is 16.1. The molecule has 1 aliphatic carbocycles. The van der Waals surface area contributed by atoms with Gasteiger partial charge in [-0.05, 0) is 82.1 Å². The number of aromatic nitrogens is 6. The maximum Gasteiger partial charge on any atom is 0.263 e. The third-order valence-corrected chi connectivity index (χ3v) is 12.9. The van der Waals surface area contributed by atoms with E-state index in [4.69, 9.17) is 10.1 Å². The van der Waals surface area contributed by atoms with Crippen LogP contribution in [0.1, 0.15) is 104 Å². The Hall–Kier alpha value is -5.57. The lowest BCUT2D eigenvalue weighted by Crippen LogP contribution is -2.63. The number of pyridine rings is 2. The molecule has 9 rings (SSSR count). The average Bonchev–Trinajstić information content (AvgIpc) is 3.85. The Morgan fingerprint density at radius 1 is 0.966 bits per heavy atom. The predicted molar refractivity (Wildman–Crippen MR) is 218 cm³/mol. The Kier molecular flexibility index (Phi) is 9.81. The van der Waals surface area contributed by atoms with Crippen LogP contribution in [0.5, 0.6) is 0 Å². The van der Waals surface area contributed by atoms with Gasteiger partial charge < -0.3 is 10.2 Å². The summed E-state index contributed by atoms with van der Waals surface area (Å²) >= 11 is 0. The Bertz CT molecular complexity index is 2500. The standard InChI is InChI=1S/C43H49FN10O4/c1-25-33-22-46-42(49-39(33)54(29-8-4-5-9-29)41(58)36(25)26(2)55)47-34-13-11-30(21-45-34)52-19-16-28(17-20-52)53-23-43(44,24-53)18-15-27-7-6-10-31-37(50-51(3)38(27)31)32-12-14-35(56)48-40(32)57/h6-7,10-11,13,21-22,28-29,32H,4-5,8-9,12,14-20,23-24H2,1-3H3,(H,48,56,57)(H,45,46,47,49). The SMILES string of the molecule is CC(=O)c1c(C)c2cnc(Nc3ccc(N4CCC(N5CC(F)(CCc6cccc7c(C8CCC(=O)NC8=O)nn(C)c67)C5)CC4)cn3)nc2n(C2CCCC2)c1=O. The molecule has 2 amide bonds. The summed E-state index contributed by atoms with van der Waals surface area (Å²) in [5.74, 6) is -0.364. The second-order valence-corrected chi connectivity index (χ2v) is 16.7. The van der Waals surface area contributed by atoms with Gasteiger partial charge in [0, 0.05) is 68.7 Å². The van der Waals surface area contributed by atoms with Crippen LogP contribution in [0.2, 0.25) is 0 Å². The van der Waals surface area contributed by atoms with Gasteiger partial charge in [0.15, 0.2) is 5.78 Å². The van der Waals surface area contributed by atoms with E-state index in [0.717, 1.165) is 73.8 Å². The molecule has 1 aromatic carbocycles. The van der Waals surface area contributed by atoms with Gasteiger partial charge >= 0.3 is 0 Å². The number of nitrogens with one attached hydrogen (secondary N) is 2. The first kappa shape index (κ1) is 38.0. The zero-order chi connectivity index (χ0) is 40.3. The summed E-state index contributed by atoms with van der Waals surface area (Å²) < 4.78 is 19.6. The number of alkyl halides is 1. The molecule has 58 heavy (non-hydrogen) atoms. The van der Waals surface area contributed by atoms with E-state index in [1.54, 1.807) is 22.4 Å². The largest absolute Gasteiger partial charge is 0.370 e. The van der Waals surface area contributed by atoms with Crippen molar-refractivity contribution in [3.05, 3.63) is 75.5 Å². The Balaban J connectivity index is 0.797. The zero-order valence-electron chi connectivity index (χ0n) is 33.3. The normalized spacial score (nSPS) is 20.5. The van der Waals surface area contributed by atoms with E-state index in [9.17, 15) is 19.2 Å². The molecule has 302 valence electrons. The van der Waals surface area contributed by atoms with Crippen molar-refractivity contribution in [3.63, 3.8) is 0 Å². The van der Waals surface area contributed by atoms with Crippen molar-refractivity contribution in [3.8, 4) is 0 Å². The van der Waals surface area contributed by atoms with E-state index in [-0.39, 0.29) is 34.8 Å². The van der Waals surface area contributed by atoms with Crippen molar-refractivity contribution < 1.29 is 18.8 Å². The second kappa shape index (κ2) is 15.0. The van der Waals surface area contributed by atoms with Crippen molar-refractivity contribution in [2.45, 2.75) is 102 Å². The highest BCUT2D eigenvalue weighted by Gasteiger charge is 2.46. The van der Waals surface area contributed by atoms with Crippen molar-refractivity contribution >= 4 is 57.0 Å². The first-order chi connectivity index (χ1) is 28.0. The molecule has 1 saturated carbocycles. The predicted octanol–water partition coefficient (Wildman–Crippen LogP) is 5.59. The van der Waals surface area contributed by atoms with Crippen LogP contribution in [0.4, 0.5) is 21.8 Å². The number of fused-ring (bicyclic) bond motifs is 2. The lowest BCUT2D eigenvalue weighted by molar-refractivity contribution is -0.134. The van der Waals surface area contributed by atoms with Crippen LogP contribution >= 0.6 is 0 Å². The number of amides is 2. The van der Waals surface area contributed by atoms with Crippen LogP contribution in [0, 0.1) is 6.92 Å². The van der Waals surface area contributed by atoms with Crippen LogP contribution in [-0.4, -0.2) is 89.7 Å². The molecule has 3 aliphatic heterocycles. The molecule has 0 radical (unpaired) electrons. The summed E-state index contributed by atoms with van der Waals surface area (Å²) in [7, 11) is 1.86. The van der Waals surface area contributed by atoms with E-state index in [1.807, 2.05) is 43.6 Å². The number of hydrogen-bond donors (Lipinski definition) is 2. The van der Waals surface area contributed by atoms with E-state index in [0.29, 0.717) is 78.9 Å². The number of piperidine rings is 2. The monoisotopic (exact) mass is 788 g/mol. The fourth-order valence-electron chi connectivity index (χ4n) is 9.88. The quantitative estimate of drug-likeness (QED) is 0.134. The third-order valence-electron chi connectivity index (χ3n) is 12.9. The number of imide groups is 1. The number of Topliss-reactive ketones (excluding diaryl/α,β-unsaturated/α-hetero) is 1. The number of carbonyl (C=O) groups is 3. The topological polar surface area (TPSA) is 160 Å². The summed E-state index contributed by atoms with van der Waals surface area (Å²) in [5, 5.41) is 11.9. The van der Waals surface area contributed by atoms with Gasteiger partial charge in [0.05, 0.1) is 34.6 Å². The number of nitrogens with zero attached hydrogens (tertiary/aromatic N) is 8. The highest BCUT2D eigenvalue weighted by Crippen LogP contribution is 2.38. The molecule has 3 saturated heterocycles. The number of carbonyl (C=O) groups excluding carboxylic acids is 3. The highest BCUT2D eigenvalue weighted by atomic mass is 19.1. The van der Waals surface area contributed by atoms with Crippen LogP contribution < -0.4 is 21.1 Å². The first-order valence-electron chi connectivity index (χ1n) is 20.6. The molecule has 2 N–H and O–H groups in total. The van der Waals surface area contributed by atoms with Gasteiger partial charge in [0.25, 0.3) is 5.56 Å². The molecule has 15 heteroatoms. The molecule has 14 nitrogen and oxygen atoms in total. The highest BCUT2D eigenvalue weighted by molar-refractivity contribution is 6.03. The van der Waals surface area contributed by atoms with Crippen LogP contribution in [-0.2, 0) is 23.1 Å². The van der Waals surface area contributed by atoms with Crippen molar-refractivity contribution in [1.82, 2.24) is 39.5 Å². The van der Waals surface area contributed by atoms with Crippen LogP contribution in [0.15, 0.2) is 47.5 Å². The number of anilines is 3. The van der Waals surface area contributed by atoms with Gasteiger partial charge in [-0.2, -0.15) is 10.1 Å². The molecule has 4 fully saturated rings. The van der Waals surface area contributed by atoms with Crippen molar-refractivity contribution in [1.29, 1.82) is 0 Å². The molecule has 4 aliphatic rings. The van der Waals surface area contributed by atoms with Gasteiger partial charge in [0.1, 0.15) is 17.1 Å². The number of para-hydroxylation sites is 1. The van der Waals surface area contributed by atoms with Gasteiger partial charge in [-0.25, -0.2) is 14.4 Å². The minimum absolute atomic E-state index is 0.00234. The van der Waals surface area contributed by atoms with Crippen molar-refractivity contribution in [2.75, 3.05) is 36.4 Å². The lowest BCUT2D eigenvalue weighted by Gasteiger charge is -2.50. The molecule has 0 spiro atoms. The Labute approximate surface area is 335 Å². The summed E-state index contributed by atoms with van der Waals surface area (Å²) in [6, 6.07) is 10.2. The van der Waals surface area contributed by atoms with Gasteiger partial charge in [-0.3, -0.25) is 38.6 Å². The minimum atomic E-state index is -1.25. The second-order valence-electron chi connectivity index (χ2n) is 16.7. The van der Waals surface area contributed by atoms with Crippen LogP contribution in [0.3, 0.4) is 0 Å². The van der Waals surface area contributed by atoms with E-state index in [1.165, 1.54) is 6.92 Å². The smallest absolute Gasteiger partial charge is 0.263 e. The van der Waals surface area contributed by atoms with Crippen LogP contribution in [0.25, 0.3) is 21.9 Å².